The number of hydrogen-bond acceptors (Lipinski definition) is 7. The van der Waals surface area contributed by atoms with E-state index in [1.54, 1.807) is 48.5 Å². The van der Waals surface area contributed by atoms with Crippen LogP contribution in [0.3, 0.4) is 0 Å². The van der Waals surface area contributed by atoms with Gasteiger partial charge >= 0.3 is 11.9 Å². The average Bonchev–Trinajstić information content (AvgIpc) is 3.26. The summed E-state index contributed by atoms with van der Waals surface area (Å²) in [6.07, 6.45) is -0.196. The van der Waals surface area contributed by atoms with Crippen molar-refractivity contribution < 1.29 is 33.1 Å². The standard InChI is InChI=1S/C27H31NO7Si/c1-17-21(28-22(29)19-14-10-11-15-20(19)23(28)30)16-26(24(31)33-2,25(32)34-3)27(17,35-36(4,5)6)18-12-8-7-9-13-18/h7-15,17,21H,16H2,1-6H3/t17-,21+,27+/m1/s1. The molecular formula is C27H31NO7Si. The van der Waals surface area contributed by atoms with Crippen LogP contribution in [0.2, 0.25) is 19.6 Å². The predicted molar refractivity (Wildman–Crippen MR) is 134 cm³/mol. The van der Waals surface area contributed by atoms with Crippen molar-refractivity contribution in [1.82, 2.24) is 4.90 Å². The van der Waals surface area contributed by atoms with E-state index in [1.807, 2.05) is 32.6 Å². The number of carbonyl (C=O) groups excluding carboxylic acids is 4. The number of nitrogens with zero attached hydrogens (tertiary/aromatic N) is 1. The van der Waals surface area contributed by atoms with Crippen LogP contribution in [0.25, 0.3) is 0 Å². The molecule has 0 radical (unpaired) electrons. The van der Waals surface area contributed by atoms with Crippen LogP contribution in [0.1, 0.15) is 39.6 Å². The second-order valence-corrected chi connectivity index (χ2v) is 14.7. The van der Waals surface area contributed by atoms with Gasteiger partial charge in [0.25, 0.3) is 11.8 Å². The van der Waals surface area contributed by atoms with Crippen LogP contribution in [-0.2, 0) is 29.1 Å². The van der Waals surface area contributed by atoms with Crippen LogP contribution in [0.4, 0.5) is 0 Å². The molecule has 1 saturated carbocycles. The Labute approximate surface area is 211 Å². The fraction of sp³-hybridized carbons (Fsp3) is 0.407. The van der Waals surface area contributed by atoms with Crippen LogP contribution in [-0.4, -0.2) is 57.2 Å². The maximum absolute atomic E-state index is 13.7. The molecule has 3 atom stereocenters. The Morgan fingerprint density at radius 2 is 1.33 bits per heavy atom. The van der Waals surface area contributed by atoms with Crippen LogP contribution < -0.4 is 0 Å². The maximum Gasteiger partial charge on any atom is 0.326 e. The third-order valence-corrected chi connectivity index (χ3v) is 8.20. The third-order valence-electron chi connectivity index (χ3n) is 7.26. The molecule has 36 heavy (non-hydrogen) atoms. The van der Waals surface area contributed by atoms with E-state index >= 15 is 0 Å². The highest BCUT2D eigenvalue weighted by Gasteiger charge is 2.75. The normalized spacial score (nSPS) is 25.0. The number of esters is 2. The monoisotopic (exact) mass is 509 g/mol. The largest absolute Gasteiger partial charge is 0.468 e. The second kappa shape index (κ2) is 8.97. The number of rotatable bonds is 6. The first kappa shape index (κ1) is 25.8. The van der Waals surface area contributed by atoms with Gasteiger partial charge in [-0.15, -0.1) is 0 Å². The van der Waals surface area contributed by atoms with E-state index in [-0.39, 0.29) is 6.42 Å². The minimum absolute atomic E-state index is 0.196. The molecule has 2 amide bonds. The van der Waals surface area contributed by atoms with E-state index in [0.29, 0.717) is 16.7 Å². The maximum atomic E-state index is 13.7. The molecule has 0 saturated heterocycles. The van der Waals surface area contributed by atoms with Crippen LogP contribution in [0, 0.1) is 11.3 Å². The lowest BCUT2D eigenvalue weighted by Gasteiger charge is -2.48. The summed E-state index contributed by atoms with van der Waals surface area (Å²) in [4.78, 5) is 55.6. The lowest BCUT2D eigenvalue weighted by molar-refractivity contribution is -0.189. The van der Waals surface area contributed by atoms with Crippen molar-refractivity contribution in [3.05, 3.63) is 71.3 Å². The molecule has 2 aromatic carbocycles. The number of methoxy groups -OCH3 is 2. The minimum Gasteiger partial charge on any atom is -0.468 e. The Bertz CT molecular complexity index is 1170. The number of fused-ring (bicyclic) bond motifs is 1. The van der Waals surface area contributed by atoms with Crippen molar-refractivity contribution in [3.63, 3.8) is 0 Å². The fourth-order valence-corrected chi connectivity index (χ4v) is 7.39. The predicted octanol–water partition coefficient (Wildman–Crippen LogP) is 3.77. The minimum atomic E-state index is -2.50. The Morgan fingerprint density at radius 1 is 0.861 bits per heavy atom. The summed E-state index contributed by atoms with van der Waals surface area (Å²) in [6, 6.07) is 14.8. The number of hydrogen-bond donors (Lipinski definition) is 0. The molecular weight excluding hydrogens is 478 g/mol. The van der Waals surface area contributed by atoms with Gasteiger partial charge in [-0.05, 0) is 43.8 Å². The van der Waals surface area contributed by atoms with Crippen molar-refractivity contribution in [3.8, 4) is 0 Å². The first-order valence-electron chi connectivity index (χ1n) is 11.9. The van der Waals surface area contributed by atoms with Crippen molar-refractivity contribution in [2.75, 3.05) is 14.2 Å². The Kier molecular flexibility index (Phi) is 6.43. The summed E-state index contributed by atoms with van der Waals surface area (Å²) in [5.74, 6) is -3.25. The zero-order valence-electron chi connectivity index (χ0n) is 21.4. The summed E-state index contributed by atoms with van der Waals surface area (Å²) in [5.41, 5.74) is -2.36. The summed E-state index contributed by atoms with van der Waals surface area (Å²) in [5, 5.41) is 0. The number of amides is 2. The van der Waals surface area contributed by atoms with Crippen molar-refractivity contribution in [2.24, 2.45) is 11.3 Å². The van der Waals surface area contributed by atoms with Gasteiger partial charge in [0.2, 0.25) is 0 Å². The molecule has 0 aromatic heterocycles. The molecule has 2 aromatic rings. The van der Waals surface area contributed by atoms with E-state index in [2.05, 4.69) is 0 Å². The average molecular weight is 510 g/mol. The fourth-order valence-electron chi connectivity index (χ4n) is 5.94. The molecule has 1 aliphatic heterocycles. The third kappa shape index (κ3) is 3.52. The molecule has 9 heteroatoms. The van der Waals surface area contributed by atoms with E-state index in [1.165, 1.54) is 19.1 Å². The van der Waals surface area contributed by atoms with Gasteiger partial charge in [-0.25, -0.2) is 0 Å². The van der Waals surface area contributed by atoms with Crippen molar-refractivity contribution in [2.45, 2.75) is 44.6 Å². The van der Waals surface area contributed by atoms with Crippen LogP contribution >= 0.6 is 0 Å². The molecule has 0 spiro atoms. The highest BCUT2D eigenvalue weighted by Crippen LogP contribution is 2.62. The summed E-state index contributed by atoms with van der Waals surface area (Å²) >= 11 is 0. The van der Waals surface area contributed by atoms with E-state index in [4.69, 9.17) is 13.9 Å². The zero-order chi connectivity index (χ0) is 26.5. The molecule has 8 nitrogen and oxygen atoms in total. The Balaban J connectivity index is 2.02. The van der Waals surface area contributed by atoms with Crippen LogP contribution in [0.15, 0.2) is 54.6 Å². The van der Waals surface area contributed by atoms with Gasteiger partial charge in [0.05, 0.1) is 25.3 Å². The second-order valence-electron chi connectivity index (χ2n) is 10.3. The van der Waals surface area contributed by atoms with Gasteiger partial charge in [-0.1, -0.05) is 49.4 Å². The highest BCUT2D eigenvalue weighted by atomic mass is 28.4. The number of imide groups is 1. The van der Waals surface area contributed by atoms with E-state index in [9.17, 15) is 19.2 Å². The van der Waals surface area contributed by atoms with Crippen LogP contribution in [0.5, 0.6) is 0 Å². The number of benzene rings is 2. The number of carbonyl (C=O) groups is 4. The van der Waals surface area contributed by atoms with Gasteiger partial charge < -0.3 is 13.9 Å². The Morgan fingerprint density at radius 3 is 1.78 bits per heavy atom. The topological polar surface area (TPSA) is 99.2 Å². The number of ether oxygens (including phenoxy) is 2. The van der Waals surface area contributed by atoms with Gasteiger partial charge in [-0.3, -0.25) is 24.1 Å². The smallest absolute Gasteiger partial charge is 0.326 e. The van der Waals surface area contributed by atoms with Gasteiger partial charge in [0.15, 0.2) is 13.7 Å². The van der Waals surface area contributed by atoms with E-state index in [0.717, 1.165) is 0 Å². The Hall–Kier alpha value is -3.30. The molecule has 1 heterocycles. The van der Waals surface area contributed by atoms with E-state index < -0.39 is 55.0 Å². The molecule has 0 unspecified atom stereocenters. The molecule has 0 bridgehead atoms. The van der Waals surface area contributed by atoms with Crippen molar-refractivity contribution >= 4 is 32.1 Å². The van der Waals surface area contributed by atoms with Gasteiger partial charge in [0.1, 0.15) is 5.60 Å². The molecule has 0 N–H and O–H groups in total. The molecule has 1 aliphatic carbocycles. The zero-order valence-corrected chi connectivity index (χ0v) is 22.4. The molecule has 2 aliphatic rings. The summed E-state index contributed by atoms with van der Waals surface area (Å²) in [6.45, 7) is 7.69. The first-order chi connectivity index (χ1) is 17.0. The molecule has 1 fully saturated rings. The SMILES string of the molecule is COC(=O)C1(C(=O)OC)C[C@H](N2C(=O)c3ccccc3C2=O)[C@@H](C)[C@]1(O[Si](C)(C)C)c1ccccc1. The van der Waals surface area contributed by atoms with Gasteiger partial charge in [0, 0.05) is 12.0 Å². The summed E-state index contributed by atoms with van der Waals surface area (Å²) in [7, 11) is -0.0845. The molecule has 190 valence electrons. The summed E-state index contributed by atoms with van der Waals surface area (Å²) < 4.78 is 17.3. The lowest BCUT2D eigenvalue weighted by atomic mass is 9.67. The highest BCUT2D eigenvalue weighted by molar-refractivity contribution is 6.69. The van der Waals surface area contributed by atoms with Gasteiger partial charge in [-0.2, -0.15) is 0 Å². The molecule has 4 rings (SSSR count). The first-order valence-corrected chi connectivity index (χ1v) is 15.3. The lowest BCUT2D eigenvalue weighted by Crippen LogP contribution is -2.60. The van der Waals surface area contributed by atoms with Crippen molar-refractivity contribution in [1.29, 1.82) is 0 Å². The quantitative estimate of drug-likeness (QED) is 0.253.